The molecule has 0 aliphatic carbocycles. The molecule has 0 amide bonds. The number of hydrogen-bond donors (Lipinski definition) is 0. The van der Waals surface area contributed by atoms with Gasteiger partial charge in [0.05, 0.1) is 12.5 Å². The van der Waals surface area contributed by atoms with Gasteiger partial charge in [-0.25, -0.2) is 0 Å². The second-order valence-corrected chi connectivity index (χ2v) is 4.54. The predicted octanol–water partition coefficient (Wildman–Crippen LogP) is 3.94. The minimum Gasteiger partial charge on any atom is -0.472 e. The molecule has 17 heavy (non-hydrogen) atoms. The van der Waals surface area contributed by atoms with Crippen LogP contribution in [0.5, 0.6) is 0 Å². The van der Waals surface area contributed by atoms with Crippen LogP contribution in [0.1, 0.15) is 11.1 Å². The number of ketones is 1. The van der Waals surface area contributed by atoms with Crippen molar-refractivity contribution >= 4 is 29.0 Å². The lowest BCUT2D eigenvalue weighted by atomic mass is 10.0. The first kappa shape index (κ1) is 12.2. The van der Waals surface area contributed by atoms with Crippen LogP contribution < -0.4 is 0 Å². The molecule has 0 spiro atoms. The highest BCUT2D eigenvalue weighted by Gasteiger charge is 2.11. The van der Waals surface area contributed by atoms with E-state index < -0.39 is 0 Å². The third-order valence-corrected chi connectivity index (χ3v) is 3.13. The number of rotatable bonds is 4. The maximum Gasteiger partial charge on any atom is 0.141 e. The lowest BCUT2D eigenvalue weighted by Crippen LogP contribution is -2.06. The Balaban J connectivity index is 2.08. The van der Waals surface area contributed by atoms with E-state index in [9.17, 15) is 4.79 Å². The first-order valence-corrected chi connectivity index (χ1v) is 5.88. The summed E-state index contributed by atoms with van der Waals surface area (Å²) in [6.07, 6.45) is 3.68. The Bertz CT molecular complexity index is 498. The average molecular weight is 269 g/mol. The van der Waals surface area contributed by atoms with Gasteiger partial charge in [0.25, 0.3) is 0 Å². The molecular weight excluding hydrogens is 259 g/mol. The van der Waals surface area contributed by atoms with Gasteiger partial charge in [0.15, 0.2) is 0 Å². The molecule has 0 N–H and O–H groups in total. The lowest BCUT2D eigenvalue weighted by molar-refractivity contribution is -0.117. The fourth-order valence-electron chi connectivity index (χ4n) is 1.58. The lowest BCUT2D eigenvalue weighted by Gasteiger charge is -2.05. The first-order valence-electron chi connectivity index (χ1n) is 5.12. The number of carbonyl (C=O) groups is 1. The fourth-order valence-corrected chi connectivity index (χ4v) is 2.11. The molecule has 0 aliphatic rings. The molecule has 0 radical (unpaired) electrons. The predicted molar refractivity (Wildman–Crippen MR) is 67.6 cm³/mol. The zero-order chi connectivity index (χ0) is 12.3. The van der Waals surface area contributed by atoms with Crippen molar-refractivity contribution < 1.29 is 9.21 Å². The van der Waals surface area contributed by atoms with Gasteiger partial charge in [0, 0.05) is 22.9 Å². The van der Waals surface area contributed by atoms with Crippen LogP contribution in [-0.2, 0) is 17.6 Å². The van der Waals surface area contributed by atoms with E-state index in [1.54, 1.807) is 36.8 Å². The van der Waals surface area contributed by atoms with Gasteiger partial charge in [-0.3, -0.25) is 4.79 Å². The Morgan fingerprint density at radius 1 is 1.12 bits per heavy atom. The van der Waals surface area contributed by atoms with Crippen LogP contribution >= 0.6 is 23.2 Å². The quantitative estimate of drug-likeness (QED) is 0.841. The number of furan rings is 1. The summed E-state index contributed by atoms with van der Waals surface area (Å²) in [6.45, 7) is 0. The Morgan fingerprint density at radius 2 is 1.82 bits per heavy atom. The standard InChI is InChI=1S/C13H10Cl2O2/c14-12-2-1-3-13(15)11(12)7-10(16)6-9-4-5-17-8-9/h1-5,8H,6-7H2. The number of Topliss-reactive ketones (excluding diaryl/α,β-unsaturated/α-hetero) is 1. The molecule has 0 bridgehead atoms. The maximum absolute atomic E-state index is 11.8. The zero-order valence-electron chi connectivity index (χ0n) is 8.95. The molecule has 0 aliphatic heterocycles. The summed E-state index contributed by atoms with van der Waals surface area (Å²) in [5, 5.41) is 1.05. The summed E-state index contributed by atoms with van der Waals surface area (Å²) in [5.41, 5.74) is 1.54. The zero-order valence-corrected chi connectivity index (χ0v) is 10.5. The van der Waals surface area contributed by atoms with Gasteiger partial charge in [-0.15, -0.1) is 0 Å². The Morgan fingerprint density at radius 3 is 2.41 bits per heavy atom. The molecule has 0 fully saturated rings. The Kier molecular flexibility index (Phi) is 3.87. The molecule has 2 aromatic rings. The first-order chi connectivity index (χ1) is 8.16. The minimum atomic E-state index is 0.0569. The topological polar surface area (TPSA) is 30.2 Å². The number of halogens is 2. The van der Waals surface area contributed by atoms with Crippen molar-refractivity contribution in [2.45, 2.75) is 12.8 Å². The molecule has 1 heterocycles. The van der Waals surface area contributed by atoms with E-state index in [2.05, 4.69) is 0 Å². The molecule has 0 saturated heterocycles. The van der Waals surface area contributed by atoms with Crippen LogP contribution in [0.3, 0.4) is 0 Å². The third-order valence-electron chi connectivity index (χ3n) is 2.42. The molecule has 1 aromatic heterocycles. The third kappa shape index (κ3) is 3.11. The van der Waals surface area contributed by atoms with Crippen LogP contribution in [0.15, 0.2) is 41.2 Å². The minimum absolute atomic E-state index is 0.0569. The molecule has 4 heteroatoms. The van der Waals surface area contributed by atoms with Crippen molar-refractivity contribution in [3.8, 4) is 0 Å². The van der Waals surface area contributed by atoms with Gasteiger partial charge in [-0.05, 0) is 29.3 Å². The molecule has 0 saturated carbocycles. The van der Waals surface area contributed by atoms with Crippen LogP contribution in [0, 0.1) is 0 Å². The van der Waals surface area contributed by atoms with E-state index in [1.165, 1.54) is 0 Å². The fraction of sp³-hybridized carbons (Fsp3) is 0.154. The molecule has 88 valence electrons. The molecule has 0 atom stereocenters. The molecule has 2 rings (SSSR count). The Hall–Kier alpha value is -1.25. The van der Waals surface area contributed by atoms with Crippen molar-refractivity contribution in [1.29, 1.82) is 0 Å². The highest BCUT2D eigenvalue weighted by molar-refractivity contribution is 6.36. The van der Waals surface area contributed by atoms with Gasteiger partial charge in [-0.2, -0.15) is 0 Å². The van der Waals surface area contributed by atoms with Crippen LogP contribution in [0.25, 0.3) is 0 Å². The van der Waals surface area contributed by atoms with Gasteiger partial charge < -0.3 is 4.42 Å². The second kappa shape index (κ2) is 5.39. The summed E-state index contributed by atoms with van der Waals surface area (Å²) in [4.78, 5) is 11.8. The van der Waals surface area contributed by atoms with Crippen LogP contribution in [0.4, 0.5) is 0 Å². The molecule has 1 aromatic carbocycles. The molecular formula is C13H10Cl2O2. The number of carbonyl (C=O) groups excluding carboxylic acids is 1. The highest BCUT2D eigenvalue weighted by Crippen LogP contribution is 2.25. The van der Waals surface area contributed by atoms with Crippen molar-refractivity contribution in [1.82, 2.24) is 0 Å². The normalized spacial score (nSPS) is 10.5. The van der Waals surface area contributed by atoms with E-state index in [-0.39, 0.29) is 12.2 Å². The SMILES string of the molecule is O=C(Cc1ccoc1)Cc1c(Cl)cccc1Cl. The monoisotopic (exact) mass is 268 g/mol. The van der Waals surface area contributed by atoms with Crippen molar-refractivity contribution in [2.24, 2.45) is 0 Å². The number of hydrogen-bond acceptors (Lipinski definition) is 2. The summed E-state index contributed by atoms with van der Waals surface area (Å²) >= 11 is 12.0. The summed E-state index contributed by atoms with van der Waals surface area (Å²) < 4.78 is 4.91. The van der Waals surface area contributed by atoms with Crippen molar-refractivity contribution in [2.75, 3.05) is 0 Å². The maximum atomic E-state index is 11.8. The number of benzene rings is 1. The van der Waals surface area contributed by atoms with Crippen molar-refractivity contribution in [3.05, 3.63) is 58.0 Å². The van der Waals surface area contributed by atoms with E-state index in [0.29, 0.717) is 22.0 Å². The van der Waals surface area contributed by atoms with E-state index in [0.717, 1.165) is 5.56 Å². The molecule has 0 unspecified atom stereocenters. The van der Waals surface area contributed by atoms with Gasteiger partial charge in [-0.1, -0.05) is 29.3 Å². The molecule has 2 nitrogen and oxygen atoms in total. The van der Waals surface area contributed by atoms with Gasteiger partial charge >= 0.3 is 0 Å². The van der Waals surface area contributed by atoms with E-state index in [1.807, 2.05) is 0 Å². The summed E-state index contributed by atoms with van der Waals surface area (Å²) in [6, 6.07) is 6.99. The highest BCUT2D eigenvalue weighted by atomic mass is 35.5. The van der Waals surface area contributed by atoms with E-state index in [4.69, 9.17) is 27.6 Å². The van der Waals surface area contributed by atoms with Gasteiger partial charge in [0.1, 0.15) is 5.78 Å². The average Bonchev–Trinajstić information content (AvgIpc) is 2.76. The van der Waals surface area contributed by atoms with Crippen molar-refractivity contribution in [3.63, 3.8) is 0 Å². The largest absolute Gasteiger partial charge is 0.472 e. The summed E-state index contributed by atoms with van der Waals surface area (Å²) in [5.74, 6) is 0.0569. The Labute approximate surface area is 109 Å². The smallest absolute Gasteiger partial charge is 0.141 e. The van der Waals surface area contributed by atoms with Crippen LogP contribution in [0.2, 0.25) is 10.0 Å². The van der Waals surface area contributed by atoms with Crippen LogP contribution in [-0.4, -0.2) is 5.78 Å². The summed E-state index contributed by atoms with van der Waals surface area (Å²) in [7, 11) is 0. The second-order valence-electron chi connectivity index (χ2n) is 3.72. The van der Waals surface area contributed by atoms with Gasteiger partial charge in [0.2, 0.25) is 0 Å². The van der Waals surface area contributed by atoms with E-state index >= 15 is 0 Å².